The van der Waals surface area contributed by atoms with E-state index in [1.807, 2.05) is 25.2 Å². The molecule has 0 aliphatic heterocycles. The van der Waals surface area contributed by atoms with Crippen LogP contribution < -0.4 is 5.73 Å². The summed E-state index contributed by atoms with van der Waals surface area (Å²) in [4.78, 5) is 23.2. The van der Waals surface area contributed by atoms with E-state index in [2.05, 4.69) is 0 Å². The standard InChI is InChI=1S/C13H14N2O3/c1-15-7-10(8-4-2-3-5-11(8)15)12(16)9(6-14)13(17)18/h2-5,7,9H,6,14H2,1H3,(H,17,18)/t9-/m1/s1. The summed E-state index contributed by atoms with van der Waals surface area (Å²) < 4.78 is 1.80. The molecule has 0 unspecified atom stereocenters. The number of Topliss-reactive ketones (excluding diaryl/α,β-unsaturated/α-hetero) is 1. The highest BCUT2D eigenvalue weighted by Crippen LogP contribution is 2.22. The minimum atomic E-state index is -1.18. The van der Waals surface area contributed by atoms with Gasteiger partial charge in [-0.25, -0.2) is 0 Å². The van der Waals surface area contributed by atoms with Crippen LogP contribution in [0.2, 0.25) is 0 Å². The van der Waals surface area contributed by atoms with Gasteiger partial charge in [0.2, 0.25) is 0 Å². The highest BCUT2D eigenvalue weighted by Gasteiger charge is 2.27. The molecule has 1 atom stereocenters. The Morgan fingerprint density at radius 3 is 2.67 bits per heavy atom. The summed E-state index contributed by atoms with van der Waals surface area (Å²) in [6, 6.07) is 7.37. The van der Waals surface area contributed by atoms with Gasteiger partial charge in [-0.05, 0) is 6.07 Å². The molecule has 2 aromatic rings. The topological polar surface area (TPSA) is 85.3 Å². The maximum absolute atomic E-state index is 12.2. The number of aryl methyl sites for hydroxylation is 1. The Bertz CT molecular complexity index is 616. The largest absolute Gasteiger partial charge is 0.481 e. The summed E-state index contributed by atoms with van der Waals surface area (Å²) in [5.41, 5.74) is 6.65. The quantitative estimate of drug-likeness (QED) is 0.623. The second kappa shape index (κ2) is 4.62. The molecule has 0 bridgehead atoms. The average Bonchev–Trinajstić information content (AvgIpc) is 2.68. The number of carboxylic acid groups (broad SMARTS) is 1. The Kier molecular flexibility index (Phi) is 3.16. The Hall–Kier alpha value is -2.14. The van der Waals surface area contributed by atoms with Crippen molar-refractivity contribution in [1.82, 2.24) is 4.57 Å². The average molecular weight is 246 g/mol. The number of carbonyl (C=O) groups excluding carboxylic acids is 1. The van der Waals surface area contributed by atoms with E-state index >= 15 is 0 Å². The minimum absolute atomic E-state index is 0.197. The van der Waals surface area contributed by atoms with E-state index in [-0.39, 0.29) is 6.54 Å². The number of aliphatic carboxylic acids is 1. The molecule has 0 aliphatic carbocycles. The van der Waals surface area contributed by atoms with Crippen molar-refractivity contribution in [2.24, 2.45) is 18.7 Å². The molecule has 1 aromatic heterocycles. The molecule has 0 saturated carbocycles. The first kappa shape index (κ1) is 12.3. The third kappa shape index (κ3) is 1.89. The van der Waals surface area contributed by atoms with E-state index in [9.17, 15) is 9.59 Å². The van der Waals surface area contributed by atoms with Crippen LogP contribution in [-0.2, 0) is 11.8 Å². The summed E-state index contributed by atoms with van der Waals surface area (Å²) >= 11 is 0. The van der Waals surface area contributed by atoms with Gasteiger partial charge in [0, 0.05) is 36.3 Å². The molecule has 18 heavy (non-hydrogen) atoms. The van der Waals surface area contributed by atoms with Gasteiger partial charge in [0.15, 0.2) is 5.78 Å². The first-order valence-electron chi connectivity index (χ1n) is 5.57. The van der Waals surface area contributed by atoms with E-state index in [0.29, 0.717) is 5.56 Å². The van der Waals surface area contributed by atoms with Crippen LogP contribution in [0.5, 0.6) is 0 Å². The first-order chi connectivity index (χ1) is 8.56. The maximum atomic E-state index is 12.2. The lowest BCUT2D eigenvalue weighted by molar-refractivity contribution is -0.139. The fourth-order valence-electron chi connectivity index (χ4n) is 2.05. The van der Waals surface area contributed by atoms with Crippen molar-refractivity contribution < 1.29 is 14.7 Å². The molecule has 5 nitrogen and oxygen atoms in total. The van der Waals surface area contributed by atoms with Crippen molar-refractivity contribution in [3.63, 3.8) is 0 Å². The zero-order valence-corrected chi connectivity index (χ0v) is 9.96. The molecule has 0 radical (unpaired) electrons. The third-order valence-corrected chi connectivity index (χ3v) is 3.01. The normalized spacial score (nSPS) is 12.6. The fourth-order valence-corrected chi connectivity index (χ4v) is 2.05. The van der Waals surface area contributed by atoms with Gasteiger partial charge in [0.25, 0.3) is 0 Å². The molecule has 2 rings (SSSR count). The Labute approximate surface area is 104 Å². The lowest BCUT2D eigenvalue weighted by Crippen LogP contribution is -2.31. The van der Waals surface area contributed by atoms with Crippen LogP contribution in [0.15, 0.2) is 30.5 Å². The van der Waals surface area contributed by atoms with Crippen molar-refractivity contribution in [2.45, 2.75) is 0 Å². The lowest BCUT2D eigenvalue weighted by atomic mass is 9.97. The number of hydrogen-bond donors (Lipinski definition) is 2. The van der Waals surface area contributed by atoms with Crippen LogP contribution in [-0.4, -0.2) is 28.0 Å². The molecular weight excluding hydrogens is 232 g/mol. The van der Waals surface area contributed by atoms with Crippen molar-refractivity contribution in [3.05, 3.63) is 36.0 Å². The number of fused-ring (bicyclic) bond motifs is 1. The van der Waals surface area contributed by atoms with Crippen molar-refractivity contribution in [1.29, 1.82) is 0 Å². The Morgan fingerprint density at radius 2 is 2.06 bits per heavy atom. The minimum Gasteiger partial charge on any atom is -0.481 e. The number of benzene rings is 1. The highest BCUT2D eigenvalue weighted by molar-refractivity contribution is 6.15. The van der Waals surface area contributed by atoms with Gasteiger partial charge < -0.3 is 15.4 Å². The second-order valence-electron chi connectivity index (χ2n) is 4.16. The van der Waals surface area contributed by atoms with Gasteiger partial charge in [-0.15, -0.1) is 0 Å². The molecule has 0 amide bonds. The number of para-hydroxylation sites is 1. The zero-order chi connectivity index (χ0) is 13.3. The predicted molar refractivity (Wildman–Crippen MR) is 67.4 cm³/mol. The fraction of sp³-hybridized carbons (Fsp3) is 0.231. The first-order valence-corrected chi connectivity index (χ1v) is 5.57. The summed E-state index contributed by atoms with van der Waals surface area (Å²) in [6.07, 6.45) is 1.65. The lowest BCUT2D eigenvalue weighted by Gasteiger charge is -2.07. The highest BCUT2D eigenvalue weighted by atomic mass is 16.4. The summed E-state index contributed by atoms with van der Waals surface area (Å²) in [6.45, 7) is -0.197. The number of hydrogen-bond acceptors (Lipinski definition) is 3. The summed E-state index contributed by atoms with van der Waals surface area (Å²) in [7, 11) is 1.82. The van der Waals surface area contributed by atoms with Crippen LogP contribution in [0.1, 0.15) is 10.4 Å². The van der Waals surface area contributed by atoms with Crippen LogP contribution in [0.4, 0.5) is 0 Å². The van der Waals surface area contributed by atoms with Gasteiger partial charge in [-0.1, -0.05) is 18.2 Å². The molecule has 0 spiro atoms. The molecule has 1 heterocycles. The number of ketones is 1. The number of aromatic nitrogens is 1. The third-order valence-electron chi connectivity index (χ3n) is 3.01. The van der Waals surface area contributed by atoms with Crippen LogP contribution >= 0.6 is 0 Å². The van der Waals surface area contributed by atoms with Gasteiger partial charge in [-0.3, -0.25) is 9.59 Å². The molecule has 94 valence electrons. The van der Waals surface area contributed by atoms with Crippen molar-refractivity contribution >= 4 is 22.7 Å². The zero-order valence-electron chi connectivity index (χ0n) is 9.96. The number of carboxylic acids is 1. The van der Waals surface area contributed by atoms with Crippen molar-refractivity contribution in [3.8, 4) is 0 Å². The smallest absolute Gasteiger partial charge is 0.315 e. The second-order valence-corrected chi connectivity index (χ2v) is 4.16. The van der Waals surface area contributed by atoms with Crippen LogP contribution in [0.3, 0.4) is 0 Å². The number of nitrogens with two attached hydrogens (primary N) is 1. The van der Waals surface area contributed by atoms with Gasteiger partial charge in [0.05, 0.1) is 0 Å². The molecule has 3 N–H and O–H groups in total. The SMILES string of the molecule is Cn1cc(C(=O)[C@@H](CN)C(=O)O)c2ccccc21. The monoisotopic (exact) mass is 246 g/mol. The molecule has 5 heteroatoms. The van der Waals surface area contributed by atoms with Gasteiger partial charge in [0.1, 0.15) is 5.92 Å². The van der Waals surface area contributed by atoms with Gasteiger partial charge >= 0.3 is 5.97 Å². The molecular formula is C13H14N2O3. The van der Waals surface area contributed by atoms with E-state index in [1.54, 1.807) is 16.8 Å². The van der Waals surface area contributed by atoms with E-state index in [0.717, 1.165) is 10.9 Å². The van der Waals surface area contributed by atoms with Crippen LogP contribution in [0, 0.1) is 5.92 Å². The Balaban J connectivity index is 2.54. The molecule has 0 aliphatic rings. The van der Waals surface area contributed by atoms with Crippen molar-refractivity contribution in [2.75, 3.05) is 6.54 Å². The molecule has 1 aromatic carbocycles. The number of carbonyl (C=O) groups is 2. The van der Waals surface area contributed by atoms with E-state index < -0.39 is 17.7 Å². The number of nitrogens with zero attached hydrogens (tertiary/aromatic N) is 1. The molecule has 0 saturated heterocycles. The van der Waals surface area contributed by atoms with E-state index in [4.69, 9.17) is 10.8 Å². The molecule has 0 fully saturated rings. The predicted octanol–water partition coefficient (Wildman–Crippen LogP) is 1.02. The summed E-state index contributed by atoms with van der Waals surface area (Å²) in [5.74, 6) is -2.81. The summed E-state index contributed by atoms with van der Waals surface area (Å²) in [5, 5.41) is 9.73. The van der Waals surface area contributed by atoms with Crippen LogP contribution in [0.25, 0.3) is 10.9 Å². The number of rotatable bonds is 4. The van der Waals surface area contributed by atoms with E-state index in [1.165, 1.54) is 0 Å². The maximum Gasteiger partial charge on any atom is 0.315 e. The Morgan fingerprint density at radius 1 is 1.39 bits per heavy atom. The van der Waals surface area contributed by atoms with Gasteiger partial charge in [-0.2, -0.15) is 0 Å².